The molecule has 0 spiro atoms. The molecule has 3 aromatic rings. The number of carbonyl (C=O) groups excluding carboxylic acids is 2. The number of anilines is 1. The topological polar surface area (TPSA) is 117 Å². The Morgan fingerprint density at radius 2 is 2.00 bits per heavy atom. The number of amides is 1. The fourth-order valence-corrected chi connectivity index (χ4v) is 5.26. The van der Waals surface area contributed by atoms with Crippen molar-refractivity contribution in [2.24, 2.45) is 0 Å². The van der Waals surface area contributed by atoms with Crippen molar-refractivity contribution >= 4 is 39.4 Å². The van der Waals surface area contributed by atoms with Gasteiger partial charge in [-0.15, -0.1) is 11.3 Å². The minimum absolute atomic E-state index is 0.223. The molecule has 1 fully saturated rings. The number of rotatable bonds is 9. The van der Waals surface area contributed by atoms with Crippen molar-refractivity contribution < 1.29 is 14.3 Å². The summed E-state index contributed by atoms with van der Waals surface area (Å²) in [4.78, 5) is 45.1. The maximum Gasteiger partial charge on any atom is 0.305 e. The van der Waals surface area contributed by atoms with Gasteiger partial charge in [-0.05, 0) is 44.2 Å². The Kier molecular flexibility index (Phi) is 8.33. The molecule has 1 aliphatic heterocycles. The van der Waals surface area contributed by atoms with Gasteiger partial charge < -0.3 is 15.0 Å². The molecule has 1 N–H and O–H groups in total. The second-order valence-electron chi connectivity index (χ2n) is 8.61. The molecule has 2 aromatic heterocycles. The predicted octanol–water partition coefficient (Wildman–Crippen LogP) is 3.44. The molecule has 0 bridgehead atoms. The first-order valence-electron chi connectivity index (χ1n) is 12.2. The van der Waals surface area contributed by atoms with Crippen LogP contribution in [0.25, 0.3) is 10.2 Å². The fourth-order valence-electron chi connectivity index (χ4n) is 4.33. The highest BCUT2D eigenvalue weighted by Gasteiger charge is 2.24. The number of nitriles is 1. The first-order chi connectivity index (χ1) is 17.5. The summed E-state index contributed by atoms with van der Waals surface area (Å²) in [6, 6.07) is 9.44. The average Bonchev–Trinajstić information content (AvgIpc) is 3.33. The Bertz CT molecular complexity index is 1350. The maximum atomic E-state index is 13.7. The van der Waals surface area contributed by atoms with Gasteiger partial charge in [-0.3, -0.25) is 19.0 Å². The molecule has 0 atom stereocenters. The second kappa shape index (κ2) is 11.8. The summed E-state index contributed by atoms with van der Waals surface area (Å²) >= 11 is 1.20. The van der Waals surface area contributed by atoms with Crippen molar-refractivity contribution in [3.05, 3.63) is 56.7 Å². The molecule has 0 aliphatic carbocycles. The lowest BCUT2D eigenvalue weighted by Crippen LogP contribution is -2.36. The van der Waals surface area contributed by atoms with Crippen LogP contribution in [0.2, 0.25) is 0 Å². The number of hydrogen-bond acceptors (Lipinski definition) is 8. The molecule has 36 heavy (non-hydrogen) atoms. The van der Waals surface area contributed by atoms with Gasteiger partial charge in [-0.2, -0.15) is 5.26 Å². The lowest BCUT2D eigenvalue weighted by molar-refractivity contribution is -0.143. The molecular formula is C26H29N5O4S. The molecule has 4 rings (SSSR count). The van der Waals surface area contributed by atoms with Crippen LogP contribution in [-0.2, 0) is 16.1 Å². The summed E-state index contributed by atoms with van der Waals surface area (Å²) in [6.07, 6.45) is 3.81. The van der Waals surface area contributed by atoms with E-state index in [1.807, 2.05) is 12.1 Å². The Balaban J connectivity index is 1.66. The standard InChI is InChI=1S/C26H29N5O4S/c1-2-35-21(32)11-8-12-28-24(33)20-17-36-23-22(20)29-26(30-13-6-3-7-14-30)31(25(23)34)16-19-10-5-4-9-18(19)15-27/h4-5,9-10,17H,2-3,6-8,11-14,16H2,1H3,(H,28,33). The number of thiophene rings is 1. The summed E-state index contributed by atoms with van der Waals surface area (Å²) in [5.74, 6) is -0.0945. The number of hydrogen-bond donors (Lipinski definition) is 1. The number of esters is 1. The monoisotopic (exact) mass is 507 g/mol. The number of piperidine rings is 1. The van der Waals surface area contributed by atoms with Crippen LogP contribution in [0.5, 0.6) is 0 Å². The fraction of sp³-hybridized carbons (Fsp3) is 0.423. The Labute approximate surface area is 213 Å². The highest BCUT2D eigenvalue weighted by molar-refractivity contribution is 7.17. The van der Waals surface area contributed by atoms with Crippen LogP contribution >= 0.6 is 11.3 Å². The first kappa shape index (κ1) is 25.4. The van der Waals surface area contributed by atoms with E-state index < -0.39 is 0 Å². The zero-order valence-electron chi connectivity index (χ0n) is 20.3. The Hall–Kier alpha value is -3.71. The van der Waals surface area contributed by atoms with Gasteiger partial charge in [0, 0.05) is 31.4 Å². The molecule has 9 nitrogen and oxygen atoms in total. The van der Waals surface area contributed by atoms with Crippen molar-refractivity contribution in [1.29, 1.82) is 5.26 Å². The van der Waals surface area contributed by atoms with Crippen molar-refractivity contribution in [1.82, 2.24) is 14.9 Å². The van der Waals surface area contributed by atoms with Gasteiger partial charge in [0.1, 0.15) is 10.2 Å². The second-order valence-corrected chi connectivity index (χ2v) is 9.49. The minimum Gasteiger partial charge on any atom is -0.466 e. The lowest BCUT2D eigenvalue weighted by Gasteiger charge is -2.29. The minimum atomic E-state index is -0.325. The summed E-state index contributed by atoms with van der Waals surface area (Å²) in [6.45, 7) is 4.18. The SMILES string of the molecule is CCOC(=O)CCCNC(=O)c1csc2c(=O)n(Cc3ccccc3C#N)c(N3CCCCC3)nc12. The molecule has 1 saturated heterocycles. The number of carbonyl (C=O) groups is 2. The smallest absolute Gasteiger partial charge is 0.305 e. The van der Waals surface area contributed by atoms with Gasteiger partial charge in [0.25, 0.3) is 11.5 Å². The van der Waals surface area contributed by atoms with Gasteiger partial charge in [-0.1, -0.05) is 18.2 Å². The molecule has 0 radical (unpaired) electrons. The van der Waals surface area contributed by atoms with Gasteiger partial charge in [0.15, 0.2) is 0 Å². The van der Waals surface area contributed by atoms with Crippen LogP contribution < -0.4 is 15.8 Å². The summed E-state index contributed by atoms with van der Waals surface area (Å²) < 4.78 is 6.94. The van der Waals surface area contributed by atoms with Gasteiger partial charge in [0.05, 0.1) is 30.3 Å². The highest BCUT2D eigenvalue weighted by atomic mass is 32.1. The van der Waals surface area contributed by atoms with Crippen LogP contribution in [-0.4, -0.2) is 47.7 Å². The summed E-state index contributed by atoms with van der Waals surface area (Å²) in [5, 5.41) is 14.0. The van der Waals surface area contributed by atoms with E-state index in [2.05, 4.69) is 16.3 Å². The van der Waals surface area contributed by atoms with Gasteiger partial charge in [-0.25, -0.2) is 4.98 Å². The third-order valence-corrected chi connectivity index (χ3v) is 7.11. The number of fused-ring (bicyclic) bond motifs is 1. The van der Waals surface area contributed by atoms with E-state index in [1.165, 1.54) is 11.3 Å². The summed E-state index contributed by atoms with van der Waals surface area (Å²) in [7, 11) is 0. The molecule has 188 valence electrons. The molecule has 10 heteroatoms. The molecule has 1 amide bonds. The quantitative estimate of drug-likeness (QED) is 0.348. The Morgan fingerprint density at radius 3 is 2.75 bits per heavy atom. The zero-order chi connectivity index (χ0) is 25.5. The zero-order valence-corrected chi connectivity index (χ0v) is 21.1. The number of nitrogens with one attached hydrogen (secondary N) is 1. The molecule has 3 heterocycles. The third-order valence-electron chi connectivity index (χ3n) is 6.16. The molecular weight excluding hydrogens is 478 g/mol. The molecule has 0 unspecified atom stereocenters. The van der Waals surface area contributed by atoms with E-state index >= 15 is 0 Å². The van der Waals surface area contributed by atoms with E-state index in [0.717, 1.165) is 37.9 Å². The van der Waals surface area contributed by atoms with Crippen LogP contribution in [0.4, 0.5) is 5.95 Å². The van der Waals surface area contributed by atoms with E-state index in [4.69, 9.17) is 9.72 Å². The molecule has 1 aliphatic rings. The van der Waals surface area contributed by atoms with Crippen LogP contribution in [0, 0.1) is 11.3 Å². The number of nitrogens with zero attached hydrogens (tertiary/aromatic N) is 4. The number of aromatic nitrogens is 2. The van der Waals surface area contributed by atoms with E-state index in [1.54, 1.807) is 29.0 Å². The average molecular weight is 508 g/mol. The lowest BCUT2D eigenvalue weighted by atomic mass is 10.1. The normalized spacial score (nSPS) is 13.4. The summed E-state index contributed by atoms with van der Waals surface area (Å²) in [5.41, 5.74) is 1.78. The van der Waals surface area contributed by atoms with Crippen LogP contribution in [0.15, 0.2) is 34.4 Å². The molecule has 0 saturated carbocycles. The van der Waals surface area contributed by atoms with E-state index in [9.17, 15) is 19.6 Å². The van der Waals surface area contributed by atoms with Gasteiger partial charge in [0.2, 0.25) is 5.95 Å². The van der Waals surface area contributed by atoms with E-state index in [0.29, 0.717) is 46.9 Å². The first-order valence-corrected chi connectivity index (χ1v) is 13.1. The largest absolute Gasteiger partial charge is 0.466 e. The number of ether oxygens (including phenoxy) is 1. The van der Waals surface area contributed by atoms with Crippen molar-refractivity contribution in [2.45, 2.75) is 45.6 Å². The van der Waals surface area contributed by atoms with Crippen molar-refractivity contribution in [3.63, 3.8) is 0 Å². The Morgan fingerprint density at radius 1 is 1.22 bits per heavy atom. The maximum absolute atomic E-state index is 13.7. The van der Waals surface area contributed by atoms with Crippen LogP contribution in [0.3, 0.4) is 0 Å². The third kappa shape index (κ3) is 5.57. The highest BCUT2D eigenvalue weighted by Crippen LogP contribution is 2.26. The van der Waals surface area contributed by atoms with Crippen LogP contribution in [0.1, 0.15) is 60.5 Å². The van der Waals surface area contributed by atoms with Crippen molar-refractivity contribution in [3.8, 4) is 6.07 Å². The van der Waals surface area contributed by atoms with E-state index in [-0.39, 0.29) is 30.4 Å². The van der Waals surface area contributed by atoms with Gasteiger partial charge >= 0.3 is 5.97 Å². The number of benzene rings is 1. The predicted molar refractivity (Wildman–Crippen MR) is 138 cm³/mol. The van der Waals surface area contributed by atoms with Crippen molar-refractivity contribution in [2.75, 3.05) is 31.1 Å². The molecule has 1 aromatic carbocycles.